The van der Waals surface area contributed by atoms with E-state index >= 15 is 0 Å². The zero-order chi connectivity index (χ0) is 0. The maximum atomic E-state index is 0. The molecule has 48 valence electrons. The molecule has 9 heteroatoms. The summed E-state index contributed by atoms with van der Waals surface area (Å²) in [6.45, 7) is 0. The van der Waals surface area contributed by atoms with E-state index in [1.807, 2.05) is 0 Å². The van der Waals surface area contributed by atoms with Gasteiger partial charge in [0.2, 0.25) is 0 Å². The Morgan fingerprint density at radius 3 is 0.333 bits per heavy atom. The first-order chi connectivity index (χ1) is 0. The molecular weight excluding hydrogens is 595 g/mol. The SMILES string of the molecule is [Ba+2].[O-2].[O-2].[O-2].[O-2].[O-2].[O-2].[Ta+5].[Ta+5]. The minimum absolute atomic E-state index is 0. The van der Waals surface area contributed by atoms with Crippen LogP contribution in [0.5, 0.6) is 0 Å². The van der Waals surface area contributed by atoms with E-state index < -0.39 is 0 Å². The first-order valence-electron chi connectivity index (χ1n) is 0. The average Bonchev–Trinajstić information content (AvgIpc) is 0. The summed E-state index contributed by atoms with van der Waals surface area (Å²) in [7, 11) is 0. The molecule has 0 saturated carbocycles. The Morgan fingerprint density at radius 2 is 0.333 bits per heavy atom. The predicted molar refractivity (Wildman–Crippen MR) is 9.87 cm³/mol. The Hall–Kier alpha value is 2.81. The fraction of sp³-hybridized carbons (Fsp3) is 0. The van der Waals surface area contributed by atoms with Gasteiger partial charge in [-0.25, -0.2) is 0 Å². The van der Waals surface area contributed by atoms with E-state index in [2.05, 4.69) is 0 Å². The van der Waals surface area contributed by atoms with Crippen LogP contribution in [0.1, 0.15) is 0 Å². The van der Waals surface area contributed by atoms with Crippen LogP contribution in [0.3, 0.4) is 0 Å². The molecule has 0 N–H and O–H groups in total. The minimum Gasteiger partial charge on any atom is -2.00 e. The summed E-state index contributed by atoms with van der Waals surface area (Å²) >= 11 is 0. The van der Waals surface area contributed by atoms with Crippen LogP contribution in [0, 0.1) is 0 Å². The third-order valence-corrected chi connectivity index (χ3v) is 0. The molecule has 0 amide bonds. The summed E-state index contributed by atoms with van der Waals surface area (Å²) < 4.78 is 0. The number of rotatable bonds is 0. The first-order valence-corrected chi connectivity index (χ1v) is 0. The van der Waals surface area contributed by atoms with Crippen molar-refractivity contribution in [3.05, 3.63) is 0 Å². The van der Waals surface area contributed by atoms with E-state index in [9.17, 15) is 0 Å². The van der Waals surface area contributed by atoms with E-state index in [0.29, 0.717) is 0 Å². The van der Waals surface area contributed by atoms with Crippen LogP contribution in [-0.4, -0.2) is 48.9 Å². The van der Waals surface area contributed by atoms with E-state index in [-0.39, 0.29) is 126 Å². The van der Waals surface area contributed by atoms with Gasteiger partial charge in [-0.05, 0) is 0 Å². The van der Waals surface area contributed by atoms with Gasteiger partial charge < -0.3 is 32.9 Å². The molecule has 0 spiro atoms. The fourth-order valence-electron chi connectivity index (χ4n) is 0. The first kappa shape index (κ1) is 175. The van der Waals surface area contributed by atoms with Gasteiger partial charge in [-0.1, -0.05) is 0 Å². The van der Waals surface area contributed by atoms with E-state index in [1.165, 1.54) is 0 Å². The molecule has 0 fully saturated rings. The summed E-state index contributed by atoms with van der Waals surface area (Å²) in [5, 5.41) is 0. The molecular formula is BaO6Ta2. The summed E-state index contributed by atoms with van der Waals surface area (Å²) in [6.07, 6.45) is 0. The largest absolute Gasteiger partial charge is 5.00 e. The Labute approximate surface area is 124 Å². The predicted octanol–water partition coefficient (Wildman–Crippen LogP) is -1.10. The summed E-state index contributed by atoms with van der Waals surface area (Å²) in [5.74, 6) is 0. The second kappa shape index (κ2) is 132. The molecule has 0 aromatic rings. The van der Waals surface area contributed by atoms with Gasteiger partial charge in [-0.15, -0.1) is 0 Å². The van der Waals surface area contributed by atoms with Crippen molar-refractivity contribution in [2.45, 2.75) is 0 Å². The summed E-state index contributed by atoms with van der Waals surface area (Å²) in [4.78, 5) is 0. The van der Waals surface area contributed by atoms with Crippen LogP contribution in [0.15, 0.2) is 0 Å². The second-order valence-corrected chi connectivity index (χ2v) is 0. The van der Waals surface area contributed by atoms with Crippen molar-refractivity contribution < 1.29 is 77.6 Å². The molecule has 6 nitrogen and oxygen atoms in total. The van der Waals surface area contributed by atoms with Crippen LogP contribution >= 0.6 is 0 Å². The number of hydrogen-bond donors (Lipinski definition) is 0. The molecule has 0 aromatic heterocycles. The van der Waals surface area contributed by atoms with Crippen molar-refractivity contribution in [3.63, 3.8) is 0 Å². The molecule has 9 heavy (non-hydrogen) atoms. The third-order valence-electron chi connectivity index (χ3n) is 0. The molecule has 0 radical (unpaired) electrons. The van der Waals surface area contributed by atoms with Crippen molar-refractivity contribution in [1.82, 2.24) is 0 Å². The molecule has 0 aliphatic heterocycles. The molecule has 0 unspecified atom stereocenters. The second-order valence-electron chi connectivity index (χ2n) is 0. The van der Waals surface area contributed by atoms with Crippen LogP contribution in [-0.2, 0) is 77.6 Å². The maximum absolute atomic E-state index is 0. The molecule has 0 aromatic carbocycles. The summed E-state index contributed by atoms with van der Waals surface area (Å²) in [5.41, 5.74) is 0. The van der Waals surface area contributed by atoms with Crippen molar-refractivity contribution in [1.29, 1.82) is 0 Å². The standard InChI is InChI=1S/Ba.6O.2Ta/q+2;6*-2;2*+5. The molecule has 0 aliphatic carbocycles. The zero-order valence-corrected chi connectivity index (χ0v) is 14.9. The van der Waals surface area contributed by atoms with E-state index in [0.717, 1.165) is 0 Å². The van der Waals surface area contributed by atoms with Crippen LogP contribution in [0.4, 0.5) is 0 Å². The average molecular weight is 595 g/mol. The number of hydrogen-bond acceptors (Lipinski definition) is 0. The van der Waals surface area contributed by atoms with Crippen LogP contribution in [0.2, 0.25) is 0 Å². The Morgan fingerprint density at radius 1 is 0.333 bits per heavy atom. The van der Waals surface area contributed by atoms with Gasteiger partial charge in [0, 0.05) is 0 Å². The fourth-order valence-corrected chi connectivity index (χ4v) is 0. The van der Waals surface area contributed by atoms with Gasteiger partial charge in [0.1, 0.15) is 0 Å². The van der Waals surface area contributed by atoms with Gasteiger partial charge in [0.25, 0.3) is 0 Å². The zero-order valence-electron chi connectivity index (χ0n) is 4.05. The monoisotopic (exact) mass is 596 g/mol. The Bertz CT molecular complexity index is 11.0. The maximum Gasteiger partial charge on any atom is 5.00 e. The normalized spacial score (nSPS) is 0. The molecule has 0 atom stereocenters. The Kier molecular flexibility index (Phi) is 2550. The molecule has 0 aliphatic rings. The smallest absolute Gasteiger partial charge is 2.00 e. The van der Waals surface area contributed by atoms with Gasteiger partial charge in [-0.3, -0.25) is 0 Å². The van der Waals surface area contributed by atoms with E-state index in [1.54, 1.807) is 0 Å². The van der Waals surface area contributed by atoms with Gasteiger partial charge in [-0.2, -0.15) is 0 Å². The molecule has 0 rings (SSSR count). The van der Waals surface area contributed by atoms with Gasteiger partial charge in [0.15, 0.2) is 0 Å². The quantitative estimate of drug-likeness (QED) is 0.310. The molecule has 0 bridgehead atoms. The third kappa shape index (κ3) is 106. The van der Waals surface area contributed by atoms with Crippen LogP contribution < -0.4 is 0 Å². The van der Waals surface area contributed by atoms with Crippen molar-refractivity contribution in [3.8, 4) is 0 Å². The molecule has 0 saturated heterocycles. The van der Waals surface area contributed by atoms with Crippen molar-refractivity contribution in [2.24, 2.45) is 0 Å². The van der Waals surface area contributed by atoms with Gasteiger partial charge >= 0.3 is 93.6 Å². The molecule has 0 heterocycles. The topological polar surface area (TPSA) is 171 Å². The summed E-state index contributed by atoms with van der Waals surface area (Å²) in [6, 6.07) is 0. The van der Waals surface area contributed by atoms with Crippen molar-refractivity contribution in [2.75, 3.05) is 0 Å². The van der Waals surface area contributed by atoms with Crippen LogP contribution in [0.25, 0.3) is 0 Å². The van der Waals surface area contributed by atoms with Crippen molar-refractivity contribution >= 4 is 48.9 Å². The van der Waals surface area contributed by atoms with E-state index in [4.69, 9.17) is 0 Å². The Balaban J connectivity index is 0. The minimum atomic E-state index is 0. The van der Waals surface area contributed by atoms with Gasteiger partial charge in [0.05, 0.1) is 0 Å².